The van der Waals surface area contributed by atoms with E-state index >= 15 is 0 Å². The lowest BCUT2D eigenvalue weighted by Crippen LogP contribution is -2.24. The molecule has 1 N–H and O–H groups in total. The predicted octanol–water partition coefficient (Wildman–Crippen LogP) is 3.73. The number of nitrogens with zero attached hydrogens (tertiary/aromatic N) is 3. The number of amides is 1. The summed E-state index contributed by atoms with van der Waals surface area (Å²) in [5, 5.41) is 7.29. The topological polar surface area (TPSA) is 51.9 Å². The van der Waals surface area contributed by atoms with Crippen LogP contribution in [0.1, 0.15) is 15.9 Å². The molecular formula is C21H17FN4O. The summed E-state index contributed by atoms with van der Waals surface area (Å²) in [5.74, 6) is 0.108. The smallest absolute Gasteiger partial charge is 0.256 e. The maximum atomic E-state index is 13.0. The molecule has 0 aliphatic heterocycles. The van der Waals surface area contributed by atoms with Crippen LogP contribution in [-0.4, -0.2) is 20.3 Å². The fourth-order valence-corrected chi connectivity index (χ4v) is 2.86. The van der Waals surface area contributed by atoms with E-state index in [4.69, 9.17) is 0 Å². The molecule has 0 radical (unpaired) electrons. The Bertz CT molecular complexity index is 1040. The molecule has 2 aromatic heterocycles. The Morgan fingerprint density at radius 2 is 1.67 bits per heavy atom. The summed E-state index contributed by atoms with van der Waals surface area (Å²) in [6.07, 6.45) is 5.29. The molecule has 0 fully saturated rings. The molecule has 0 aliphatic rings. The van der Waals surface area contributed by atoms with Gasteiger partial charge in [-0.25, -0.2) is 9.07 Å². The second kappa shape index (κ2) is 7.29. The van der Waals surface area contributed by atoms with Crippen LogP contribution in [0.25, 0.3) is 11.5 Å². The van der Waals surface area contributed by atoms with E-state index in [1.165, 1.54) is 12.1 Å². The third kappa shape index (κ3) is 3.50. The van der Waals surface area contributed by atoms with E-state index in [-0.39, 0.29) is 11.7 Å². The lowest BCUT2D eigenvalue weighted by Gasteiger charge is -2.11. The number of aromatic nitrogens is 3. The molecule has 27 heavy (non-hydrogen) atoms. The standard InChI is InChI=1S/C21H17FN4O/c22-17-10-8-16(9-11-17)14-23-20(27)19-15-24-26(18-6-2-1-3-7-18)21(19)25-12-4-5-13-25/h1-13,15H,14H2,(H,23,27). The van der Waals surface area contributed by atoms with Crippen LogP contribution in [0.4, 0.5) is 4.39 Å². The highest BCUT2D eigenvalue weighted by atomic mass is 19.1. The van der Waals surface area contributed by atoms with Gasteiger partial charge in [-0.1, -0.05) is 30.3 Å². The van der Waals surface area contributed by atoms with E-state index in [9.17, 15) is 9.18 Å². The van der Waals surface area contributed by atoms with Crippen molar-refractivity contribution in [1.29, 1.82) is 0 Å². The van der Waals surface area contributed by atoms with Gasteiger partial charge in [-0.2, -0.15) is 5.10 Å². The van der Waals surface area contributed by atoms with Crippen molar-refractivity contribution in [2.75, 3.05) is 0 Å². The third-order valence-corrected chi connectivity index (χ3v) is 4.20. The third-order valence-electron chi connectivity index (χ3n) is 4.20. The molecule has 1 amide bonds. The first kappa shape index (κ1) is 16.8. The summed E-state index contributed by atoms with van der Waals surface area (Å²) < 4.78 is 16.6. The van der Waals surface area contributed by atoms with Crippen molar-refractivity contribution in [1.82, 2.24) is 19.7 Å². The fourth-order valence-electron chi connectivity index (χ4n) is 2.86. The lowest BCUT2D eigenvalue weighted by molar-refractivity contribution is 0.0951. The number of rotatable bonds is 5. The Kier molecular flexibility index (Phi) is 4.53. The molecule has 2 heterocycles. The zero-order valence-electron chi connectivity index (χ0n) is 14.4. The van der Waals surface area contributed by atoms with E-state index in [1.54, 1.807) is 23.0 Å². The molecule has 0 saturated heterocycles. The first-order valence-electron chi connectivity index (χ1n) is 8.52. The molecule has 0 atom stereocenters. The normalized spacial score (nSPS) is 10.7. The molecular weight excluding hydrogens is 343 g/mol. The van der Waals surface area contributed by atoms with Gasteiger partial charge >= 0.3 is 0 Å². The highest BCUT2D eigenvalue weighted by molar-refractivity contribution is 5.97. The number of carbonyl (C=O) groups excluding carboxylic acids is 1. The number of benzene rings is 2. The van der Waals surface area contributed by atoms with Gasteiger partial charge in [0.15, 0.2) is 5.82 Å². The maximum absolute atomic E-state index is 13.0. The van der Waals surface area contributed by atoms with Crippen molar-refractivity contribution < 1.29 is 9.18 Å². The van der Waals surface area contributed by atoms with Gasteiger partial charge in [-0.05, 0) is 42.0 Å². The number of hydrogen-bond donors (Lipinski definition) is 1. The number of carbonyl (C=O) groups is 1. The van der Waals surface area contributed by atoms with Crippen LogP contribution in [0.5, 0.6) is 0 Å². The first-order valence-corrected chi connectivity index (χ1v) is 8.52. The van der Waals surface area contributed by atoms with Crippen LogP contribution in [0, 0.1) is 5.82 Å². The molecule has 0 spiro atoms. The van der Waals surface area contributed by atoms with Gasteiger partial charge in [0, 0.05) is 18.9 Å². The molecule has 0 bridgehead atoms. The monoisotopic (exact) mass is 360 g/mol. The summed E-state index contributed by atoms with van der Waals surface area (Å²) in [7, 11) is 0. The number of hydrogen-bond acceptors (Lipinski definition) is 2. The van der Waals surface area contributed by atoms with Crippen molar-refractivity contribution in [3.63, 3.8) is 0 Å². The zero-order valence-corrected chi connectivity index (χ0v) is 14.4. The van der Waals surface area contributed by atoms with E-state index in [0.29, 0.717) is 17.9 Å². The van der Waals surface area contributed by atoms with E-state index < -0.39 is 0 Å². The molecule has 6 heteroatoms. The Labute approximate surface area is 155 Å². The van der Waals surface area contributed by atoms with E-state index in [0.717, 1.165) is 11.3 Å². The van der Waals surface area contributed by atoms with Crippen molar-refractivity contribution >= 4 is 5.91 Å². The van der Waals surface area contributed by atoms with Gasteiger partial charge in [-0.15, -0.1) is 0 Å². The number of para-hydroxylation sites is 1. The van der Waals surface area contributed by atoms with Crippen LogP contribution >= 0.6 is 0 Å². The van der Waals surface area contributed by atoms with Crippen molar-refractivity contribution in [3.8, 4) is 11.5 Å². The molecule has 0 aliphatic carbocycles. The molecule has 134 valence electrons. The van der Waals surface area contributed by atoms with Crippen molar-refractivity contribution in [3.05, 3.63) is 102 Å². The van der Waals surface area contributed by atoms with Crippen LogP contribution < -0.4 is 5.32 Å². The van der Waals surface area contributed by atoms with E-state index in [1.807, 2.05) is 59.4 Å². The summed E-state index contributed by atoms with van der Waals surface area (Å²) in [5.41, 5.74) is 2.14. The van der Waals surface area contributed by atoms with Gasteiger partial charge in [-0.3, -0.25) is 4.79 Å². The number of nitrogens with one attached hydrogen (secondary N) is 1. The van der Waals surface area contributed by atoms with Gasteiger partial charge in [0.05, 0.1) is 11.9 Å². The molecule has 2 aromatic carbocycles. The largest absolute Gasteiger partial charge is 0.348 e. The molecule has 4 aromatic rings. The minimum absolute atomic E-state index is 0.245. The second-order valence-electron chi connectivity index (χ2n) is 6.03. The predicted molar refractivity (Wildman–Crippen MR) is 100 cm³/mol. The quantitative estimate of drug-likeness (QED) is 0.590. The van der Waals surface area contributed by atoms with Gasteiger partial charge in [0.2, 0.25) is 0 Å². The average molecular weight is 360 g/mol. The Morgan fingerprint density at radius 3 is 2.37 bits per heavy atom. The van der Waals surface area contributed by atoms with Crippen LogP contribution in [0.15, 0.2) is 85.3 Å². The van der Waals surface area contributed by atoms with Crippen LogP contribution in [-0.2, 0) is 6.54 Å². The van der Waals surface area contributed by atoms with E-state index in [2.05, 4.69) is 10.4 Å². The van der Waals surface area contributed by atoms with Gasteiger partial charge in [0.25, 0.3) is 5.91 Å². The van der Waals surface area contributed by atoms with Crippen molar-refractivity contribution in [2.24, 2.45) is 0 Å². The van der Waals surface area contributed by atoms with Gasteiger partial charge in [0.1, 0.15) is 11.4 Å². The fraction of sp³-hybridized carbons (Fsp3) is 0.0476. The van der Waals surface area contributed by atoms with Crippen LogP contribution in [0.3, 0.4) is 0 Å². The zero-order chi connectivity index (χ0) is 18.6. The maximum Gasteiger partial charge on any atom is 0.256 e. The second-order valence-corrected chi connectivity index (χ2v) is 6.03. The SMILES string of the molecule is O=C(NCc1ccc(F)cc1)c1cnn(-c2ccccc2)c1-n1cccc1. The van der Waals surface area contributed by atoms with Gasteiger partial charge < -0.3 is 9.88 Å². The minimum atomic E-state index is -0.302. The first-order chi connectivity index (χ1) is 13.2. The van der Waals surface area contributed by atoms with Crippen LogP contribution in [0.2, 0.25) is 0 Å². The molecule has 0 saturated carbocycles. The summed E-state index contributed by atoms with van der Waals surface area (Å²) >= 11 is 0. The molecule has 4 rings (SSSR count). The summed E-state index contributed by atoms with van der Waals surface area (Å²) in [6, 6.07) is 19.5. The Balaban J connectivity index is 1.65. The number of halogens is 1. The molecule has 5 nitrogen and oxygen atoms in total. The average Bonchev–Trinajstić information content (AvgIpc) is 3.37. The lowest BCUT2D eigenvalue weighted by atomic mass is 10.2. The highest BCUT2D eigenvalue weighted by Crippen LogP contribution is 2.19. The Morgan fingerprint density at radius 1 is 0.963 bits per heavy atom. The summed E-state index contributed by atoms with van der Waals surface area (Å²) in [4.78, 5) is 12.8. The molecule has 0 unspecified atom stereocenters. The van der Waals surface area contributed by atoms with Crippen molar-refractivity contribution in [2.45, 2.75) is 6.54 Å². The minimum Gasteiger partial charge on any atom is -0.348 e. The highest BCUT2D eigenvalue weighted by Gasteiger charge is 2.19. The Hall–Kier alpha value is -3.67. The summed E-state index contributed by atoms with van der Waals surface area (Å²) in [6.45, 7) is 0.306.